The van der Waals surface area contributed by atoms with Crippen LogP contribution in [0.4, 0.5) is 0 Å². The molecule has 0 bridgehead atoms. The first-order valence-electron chi connectivity index (χ1n) is 5.44. The summed E-state index contributed by atoms with van der Waals surface area (Å²) in [5, 5.41) is 0. The summed E-state index contributed by atoms with van der Waals surface area (Å²) in [7, 11) is 0. The fourth-order valence-electron chi connectivity index (χ4n) is 1.44. The van der Waals surface area contributed by atoms with Crippen molar-refractivity contribution < 1.29 is 9.53 Å². The van der Waals surface area contributed by atoms with Crippen LogP contribution in [0.2, 0.25) is 0 Å². The van der Waals surface area contributed by atoms with Gasteiger partial charge in [-0.3, -0.25) is 0 Å². The fourth-order valence-corrected chi connectivity index (χ4v) is 1.44. The molecule has 0 aliphatic heterocycles. The topological polar surface area (TPSA) is 26.3 Å². The van der Waals surface area contributed by atoms with E-state index in [1.807, 2.05) is 18.2 Å². The number of rotatable bonds is 6. The van der Waals surface area contributed by atoms with Crippen LogP contribution in [0.15, 0.2) is 24.3 Å². The van der Waals surface area contributed by atoms with Crippen LogP contribution in [-0.2, 0) is 11.2 Å². The van der Waals surface area contributed by atoms with Crippen LogP contribution in [0.3, 0.4) is 0 Å². The van der Waals surface area contributed by atoms with E-state index < -0.39 is 0 Å². The highest BCUT2D eigenvalue weighted by atomic mass is 16.5. The number of para-hydroxylation sites is 1. The molecular formula is C13H18O2. The smallest absolute Gasteiger partial charge is 0.129 e. The molecule has 0 saturated heterocycles. The Morgan fingerprint density at radius 3 is 2.73 bits per heavy atom. The van der Waals surface area contributed by atoms with Gasteiger partial charge in [0.25, 0.3) is 0 Å². The van der Waals surface area contributed by atoms with Crippen molar-refractivity contribution in [2.24, 2.45) is 0 Å². The van der Waals surface area contributed by atoms with E-state index in [0.717, 1.165) is 18.6 Å². The zero-order valence-corrected chi connectivity index (χ0v) is 9.45. The van der Waals surface area contributed by atoms with Gasteiger partial charge in [0.2, 0.25) is 0 Å². The average molecular weight is 206 g/mol. The lowest BCUT2D eigenvalue weighted by Gasteiger charge is -2.09. The second kappa shape index (κ2) is 6.23. The third-order valence-corrected chi connectivity index (χ3v) is 2.28. The minimum Gasteiger partial charge on any atom is -0.493 e. The number of aryl methyl sites for hydroxylation is 1. The molecule has 1 rings (SSSR count). The molecule has 0 unspecified atom stereocenters. The molecule has 0 amide bonds. The van der Waals surface area contributed by atoms with Crippen molar-refractivity contribution in [2.75, 3.05) is 6.61 Å². The molecule has 0 spiro atoms. The minimum atomic E-state index is 0.224. The van der Waals surface area contributed by atoms with Gasteiger partial charge in [-0.1, -0.05) is 25.1 Å². The summed E-state index contributed by atoms with van der Waals surface area (Å²) in [4.78, 5) is 10.7. The lowest BCUT2D eigenvalue weighted by atomic mass is 10.1. The van der Waals surface area contributed by atoms with Crippen molar-refractivity contribution in [1.82, 2.24) is 0 Å². The van der Waals surface area contributed by atoms with E-state index in [0.29, 0.717) is 13.0 Å². The second-order valence-electron chi connectivity index (χ2n) is 3.62. The predicted molar refractivity (Wildman–Crippen MR) is 61.2 cm³/mol. The van der Waals surface area contributed by atoms with E-state index in [1.54, 1.807) is 6.92 Å². The van der Waals surface area contributed by atoms with Gasteiger partial charge in [-0.15, -0.1) is 0 Å². The van der Waals surface area contributed by atoms with Gasteiger partial charge in [0.05, 0.1) is 6.61 Å². The Balaban J connectivity index is 2.39. The third-order valence-electron chi connectivity index (χ3n) is 2.28. The largest absolute Gasteiger partial charge is 0.493 e. The molecule has 82 valence electrons. The lowest BCUT2D eigenvalue weighted by molar-refractivity contribution is -0.117. The number of ketones is 1. The molecule has 1 aromatic carbocycles. The maximum Gasteiger partial charge on any atom is 0.129 e. The molecule has 0 fully saturated rings. The number of Topliss-reactive ketones (excluding diaryl/α,β-unsaturated/α-hetero) is 1. The zero-order valence-electron chi connectivity index (χ0n) is 9.45. The van der Waals surface area contributed by atoms with Crippen LogP contribution in [0.25, 0.3) is 0 Å². The van der Waals surface area contributed by atoms with Crippen LogP contribution in [0, 0.1) is 0 Å². The number of hydrogen-bond donors (Lipinski definition) is 0. The summed E-state index contributed by atoms with van der Waals surface area (Å²) < 4.78 is 5.63. The molecule has 0 N–H and O–H groups in total. The summed E-state index contributed by atoms with van der Waals surface area (Å²) in [5.41, 5.74) is 1.22. The number of carbonyl (C=O) groups is 1. The van der Waals surface area contributed by atoms with Crippen molar-refractivity contribution in [3.63, 3.8) is 0 Å². The SMILES string of the molecule is CCc1ccccc1OCCCC(C)=O. The molecule has 0 saturated carbocycles. The molecule has 1 aromatic rings. The first-order valence-corrected chi connectivity index (χ1v) is 5.44. The summed E-state index contributed by atoms with van der Waals surface area (Å²) >= 11 is 0. The Morgan fingerprint density at radius 2 is 2.07 bits per heavy atom. The minimum absolute atomic E-state index is 0.224. The average Bonchev–Trinajstić information content (AvgIpc) is 2.24. The molecule has 0 heterocycles. The predicted octanol–water partition coefficient (Wildman–Crippen LogP) is 3.00. The van der Waals surface area contributed by atoms with Crippen LogP contribution in [0.5, 0.6) is 5.75 Å². The molecule has 0 aliphatic rings. The van der Waals surface area contributed by atoms with Crippen LogP contribution in [0.1, 0.15) is 32.3 Å². The number of ether oxygens (including phenoxy) is 1. The number of carbonyl (C=O) groups excluding carboxylic acids is 1. The highest BCUT2D eigenvalue weighted by molar-refractivity contribution is 5.75. The molecule has 15 heavy (non-hydrogen) atoms. The third kappa shape index (κ3) is 4.15. The Bertz CT molecular complexity index is 318. The van der Waals surface area contributed by atoms with Gasteiger partial charge in [-0.2, -0.15) is 0 Å². The lowest BCUT2D eigenvalue weighted by Crippen LogP contribution is -2.02. The Labute approximate surface area is 91.3 Å². The van der Waals surface area contributed by atoms with Gasteiger partial charge >= 0.3 is 0 Å². The highest BCUT2D eigenvalue weighted by Gasteiger charge is 2.00. The molecule has 2 heteroatoms. The van der Waals surface area contributed by atoms with E-state index in [9.17, 15) is 4.79 Å². The Morgan fingerprint density at radius 1 is 1.33 bits per heavy atom. The van der Waals surface area contributed by atoms with E-state index in [2.05, 4.69) is 13.0 Å². The van der Waals surface area contributed by atoms with E-state index >= 15 is 0 Å². The van der Waals surface area contributed by atoms with E-state index in [1.165, 1.54) is 5.56 Å². The van der Waals surface area contributed by atoms with E-state index in [4.69, 9.17) is 4.74 Å². The van der Waals surface area contributed by atoms with Crippen molar-refractivity contribution in [1.29, 1.82) is 0 Å². The quantitative estimate of drug-likeness (QED) is 0.669. The van der Waals surface area contributed by atoms with Gasteiger partial charge in [0.1, 0.15) is 11.5 Å². The Kier molecular flexibility index (Phi) is 4.88. The summed E-state index contributed by atoms with van der Waals surface area (Å²) in [6.45, 7) is 4.34. The monoisotopic (exact) mass is 206 g/mol. The van der Waals surface area contributed by atoms with Gasteiger partial charge in [0.15, 0.2) is 0 Å². The summed E-state index contributed by atoms with van der Waals surface area (Å²) in [6.07, 6.45) is 2.38. The second-order valence-corrected chi connectivity index (χ2v) is 3.62. The fraction of sp³-hybridized carbons (Fsp3) is 0.462. The molecule has 0 aromatic heterocycles. The molecule has 0 radical (unpaired) electrons. The first-order chi connectivity index (χ1) is 7.24. The van der Waals surface area contributed by atoms with Crippen molar-refractivity contribution in [2.45, 2.75) is 33.1 Å². The van der Waals surface area contributed by atoms with E-state index in [-0.39, 0.29) is 5.78 Å². The Hall–Kier alpha value is -1.31. The van der Waals surface area contributed by atoms with Crippen molar-refractivity contribution in [3.05, 3.63) is 29.8 Å². The summed E-state index contributed by atoms with van der Waals surface area (Å²) in [5.74, 6) is 1.17. The molecular weight excluding hydrogens is 188 g/mol. The molecule has 0 aliphatic carbocycles. The van der Waals surface area contributed by atoms with Crippen LogP contribution < -0.4 is 4.74 Å². The summed E-state index contributed by atoms with van der Waals surface area (Å²) in [6, 6.07) is 8.04. The maximum atomic E-state index is 10.7. The maximum absolute atomic E-state index is 10.7. The standard InChI is InChI=1S/C13H18O2/c1-3-12-8-4-5-9-13(12)15-10-6-7-11(2)14/h4-5,8-9H,3,6-7,10H2,1-2H3. The number of hydrogen-bond acceptors (Lipinski definition) is 2. The molecule has 0 atom stereocenters. The van der Waals surface area contributed by atoms with Crippen LogP contribution >= 0.6 is 0 Å². The van der Waals surface area contributed by atoms with Gasteiger partial charge in [0, 0.05) is 6.42 Å². The zero-order chi connectivity index (χ0) is 11.1. The van der Waals surface area contributed by atoms with Gasteiger partial charge in [-0.25, -0.2) is 0 Å². The van der Waals surface area contributed by atoms with Gasteiger partial charge in [-0.05, 0) is 31.4 Å². The normalized spacial score (nSPS) is 10.0. The highest BCUT2D eigenvalue weighted by Crippen LogP contribution is 2.18. The van der Waals surface area contributed by atoms with Gasteiger partial charge < -0.3 is 9.53 Å². The van der Waals surface area contributed by atoms with Crippen molar-refractivity contribution in [3.8, 4) is 5.75 Å². The first kappa shape index (κ1) is 11.8. The molecule has 2 nitrogen and oxygen atoms in total. The van der Waals surface area contributed by atoms with Crippen LogP contribution in [-0.4, -0.2) is 12.4 Å². The van der Waals surface area contributed by atoms with Crippen molar-refractivity contribution >= 4 is 5.78 Å². The number of benzene rings is 1.